The lowest BCUT2D eigenvalue weighted by Gasteiger charge is -2.34. The summed E-state index contributed by atoms with van der Waals surface area (Å²) in [6.45, 7) is 2.22. The summed E-state index contributed by atoms with van der Waals surface area (Å²) in [5, 5.41) is 18.8. The lowest BCUT2D eigenvalue weighted by Crippen LogP contribution is -2.42. The smallest absolute Gasteiger partial charge is 0.269 e. The summed E-state index contributed by atoms with van der Waals surface area (Å²) in [6.07, 6.45) is 6.04. The van der Waals surface area contributed by atoms with E-state index in [9.17, 15) is 10.1 Å². The molecule has 1 aliphatic heterocycles. The van der Waals surface area contributed by atoms with Crippen LogP contribution in [-0.2, 0) is 18.4 Å². The topological polar surface area (TPSA) is 85.5 Å². The van der Waals surface area contributed by atoms with E-state index in [4.69, 9.17) is 4.74 Å². The van der Waals surface area contributed by atoms with Crippen LogP contribution in [0.5, 0.6) is 0 Å². The molecule has 0 radical (unpaired) electrons. The van der Waals surface area contributed by atoms with Crippen LogP contribution in [0, 0.1) is 10.1 Å². The Morgan fingerprint density at radius 3 is 3.00 bits per heavy atom. The first-order chi connectivity index (χ1) is 12.1. The lowest BCUT2D eigenvalue weighted by atomic mass is 10.0. The summed E-state index contributed by atoms with van der Waals surface area (Å²) in [6, 6.07) is 5.15. The van der Waals surface area contributed by atoms with E-state index in [2.05, 4.69) is 15.3 Å². The fourth-order valence-electron chi connectivity index (χ4n) is 3.23. The molecule has 8 nitrogen and oxygen atoms in total. The van der Waals surface area contributed by atoms with Gasteiger partial charge < -0.3 is 15.0 Å². The molecule has 1 atom stereocenters. The SMILES string of the molecule is COCc1cc([N+](=O)[O-])ccc1NC1CCCN(c2cnn(C)c2)C1. The highest BCUT2D eigenvalue weighted by Crippen LogP contribution is 2.26. The molecule has 2 aromatic rings. The highest BCUT2D eigenvalue weighted by molar-refractivity contribution is 5.57. The van der Waals surface area contributed by atoms with Crippen molar-refractivity contribution in [1.29, 1.82) is 0 Å². The summed E-state index contributed by atoms with van der Waals surface area (Å²) >= 11 is 0. The number of nitrogens with one attached hydrogen (secondary N) is 1. The molecule has 1 aliphatic rings. The third-order valence-corrected chi connectivity index (χ3v) is 4.44. The van der Waals surface area contributed by atoms with Crippen LogP contribution in [0.4, 0.5) is 17.1 Å². The van der Waals surface area contributed by atoms with Crippen molar-refractivity contribution in [2.45, 2.75) is 25.5 Å². The Morgan fingerprint density at radius 1 is 1.48 bits per heavy atom. The average molecular weight is 345 g/mol. The van der Waals surface area contributed by atoms with Crippen LogP contribution in [0.1, 0.15) is 18.4 Å². The molecule has 0 amide bonds. The molecule has 1 fully saturated rings. The highest BCUT2D eigenvalue weighted by atomic mass is 16.6. The van der Waals surface area contributed by atoms with Crippen LogP contribution in [-0.4, -0.2) is 40.9 Å². The molecule has 1 unspecified atom stereocenters. The van der Waals surface area contributed by atoms with Crippen molar-refractivity contribution < 1.29 is 9.66 Å². The van der Waals surface area contributed by atoms with E-state index in [0.717, 1.165) is 42.9 Å². The predicted octanol–water partition coefficient (Wildman–Crippen LogP) is 2.56. The van der Waals surface area contributed by atoms with Crippen molar-refractivity contribution in [3.63, 3.8) is 0 Å². The summed E-state index contributed by atoms with van der Waals surface area (Å²) in [5.41, 5.74) is 2.90. The molecule has 1 saturated heterocycles. The fourth-order valence-corrected chi connectivity index (χ4v) is 3.23. The third-order valence-electron chi connectivity index (χ3n) is 4.44. The molecule has 2 heterocycles. The van der Waals surface area contributed by atoms with E-state index in [0.29, 0.717) is 6.61 Å². The van der Waals surface area contributed by atoms with Crippen LogP contribution in [0.25, 0.3) is 0 Å². The van der Waals surface area contributed by atoms with Gasteiger partial charge in [-0.05, 0) is 18.9 Å². The van der Waals surface area contributed by atoms with Gasteiger partial charge in [-0.25, -0.2) is 0 Å². The molecule has 0 spiro atoms. The minimum absolute atomic E-state index is 0.0817. The normalized spacial score (nSPS) is 17.5. The van der Waals surface area contributed by atoms with Crippen molar-refractivity contribution in [3.05, 3.63) is 46.3 Å². The fraction of sp³-hybridized carbons (Fsp3) is 0.471. The van der Waals surface area contributed by atoms with Gasteiger partial charge in [0.2, 0.25) is 0 Å². The van der Waals surface area contributed by atoms with E-state index < -0.39 is 0 Å². The van der Waals surface area contributed by atoms with E-state index in [1.807, 2.05) is 19.4 Å². The number of anilines is 2. The number of aromatic nitrogens is 2. The molecule has 3 rings (SSSR count). The summed E-state index contributed by atoms with van der Waals surface area (Å²) in [7, 11) is 3.50. The van der Waals surface area contributed by atoms with Gasteiger partial charge in [0.05, 0.1) is 23.4 Å². The van der Waals surface area contributed by atoms with E-state index in [1.165, 1.54) is 6.07 Å². The zero-order valence-electron chi connectivity index (χ0n) is 14.5. The summed E-state index contributed by atoms with van der Waals surface area (Å²) in [4.78, 5) is 12.9. The zero-order chi connectivity index (χ0) is 17.8. The molecular weight excluding hydrogens is 322 g/mol. The average Bonchev–Trinajstić information content (AvgIpc) is 3.03. The second-order valence-electron chi connectivity index (χ2n) is 6.33. The number of nitrogens with zero attached hydrogens (tertiary/aromatic N) is 4. The van der Waals surface area contributed by atoms with Crippen LogP contribution in [0.15, 0.2) is 30.6 Å². The largest absolute Gasteiger partial charge is 0.380 e. The van der Waals surface area contributed by atoms with Gasteiger partial charge in [-0.15, -0.1) is 0 Å². The number of aryl methyl sites for hydroxylation is 1. The molecular formula is C17H23N5O3. The Kier molecular flexibility index (Phi) is 5.18. The number of piperidine rings is 1. The Balaban J connectivity index is 1.73. The van der Waals surface area contributed by atoms with Gasteiger partial charge in [-0.2, -0.15) is 5.10 Å². The standard InChI is InChI=1S/C17H23N5O3/c1-20-11-16(9-18-20)21-7-3-4-14(10-21)19-17-6-5-15(22(23)24)8-13(17)12-25-2/h5-6,8-9,11,14,19H,3-4,7,10,12H2,1-2H3. The number of nitro benzene ring substituents is 1. The van der Waals surface area contributed by atoms with Crippen molar-refractivity contribution in [2.24, 2.45) is 7.05 Å². The van der Waals surface area contributed by atoms with Gasteiger partial charge in [0, 0.05) is 62.9 Å². The van der Waals surface area contributed by atoms with Gasteiger partial charge in [0.25, 0.3) is 5.69 Å². The number of rotatable bonds is 6. The van der Waals surface area contributed by atoms with Crippen molar-refractivity contribution in [3.8, 4) is 0 Å². The molecule has 0 aliphatic carbocycles. The molecule has 1 N–H and O–H groups in total. The van der Waals surface area contributed by atoms with E-state index in [1.54, 1.807) is 23.9 Å². The minimum Gasteiger partial charge on any atom is -0.380 e. The summed E-state index contributed by atoms with van der Waals surface area (Å²) < 4.78 is 7.01. The van der Waals surface area contributed by atoms with Crippen LogP contribution < -0.4 is 10.2 Å². The van der Waals surface area contributed by atoms with Crippen molar-refractivity contribution in [2.75, 3.05) is 30.4 Å². The molecule has 0 bridgehead atoms. The number of non-ortho nitro benzene ring substituents is 1. The number of benzene rings is 1. The van der Waals surface area contributed by atoms with Gasteiger partial charge in [-0.1, -0.05) is 0 Å². The van der Waals surface area contributed by atoms with Crippen LogP contribution in [0.2, 0.25) is 0 Å². The molecule has 1 aromatic heterocycles. The minimum atomic E-state index is -0.381. The third kappa shape index (κ3) is 4.08. The van der Waals surface area contributed by atoms with Gasteiger partial charge in [0.1, 0.15) is 0 Å². The Hall–Kier alpha value is -2.61. The Bertz CT molecular complexity index is 746. The van der Waals surface area contributed by atoms with Gasteiger partial charge in [0.15, 0.2) is 0 Å². The molecule has 8 heteroatoms. The number of methoxy groups -OCH3 is 1. The monoisotopic (exact) mass is 345 g/mol. The second kappa shape index (κ2) is 7.52. The van der Waals surface area contributed by atoms with Crippen LogP contribution in [0.3, 0.4) is 0 Å². The first-order valence-corrected chi connectivity index (χ1v) is 8.33. The maximum Gasteiger partial charge on any atom is 0.269 e. The van der Waals surface area contributed by atoms with E-state index >= 15 is 0 Å². The van der Waals surface area contributed by atoms with Crippen molar-refractivity contribution >= 4 is 17.1 Å². The molecule has 134 valence electrons. The van der Waals surface area contributed by atoms with Crippen molar-refractivity contribution in [1.82, 2.24) is 9.78 Å². The zero-order valence-corrected chi connectivity index (χ0v) is 14.5. The van der Waals surface area contributed by atoms with E-state index in [-0.39, 0.29) is 16.7 Å². The maximum absolute atomic E-state index is 11.0. The number of hydrogen-bond acceptors (Lipinski definition) is 6. The van der Waals surface area contributed by atoms with Crippen LogP contribution >= 0.6 is 0 Å². The molecule has 0 saturated carbocycles. The Morgan fingerprint density at radius 2 is 2.32 bits per heavy atom. The molecule has 1 aromatic carbocycles. The summed E-state index contributed by atoms with van der Waals surface area (Å²) in [5.74, 6) is 0. The number of ether oxygens (including phenoxy) is 1. The lowest BCUT2D eigenvalue weighted by molar-refractivity contribution is -0.384. The van der Waals surface area contributed by atoms with Gasteiger partial charge >= 0.3 is 0 Å². The Labute approximate surface area is 146 Å². The number of nitro groups is 1. The second-order valence-corrected chi connectivity index (χ2v) is 6.33. The number of hydrogen-bond donors (Lipinski definition) is 1. The quantitative estimate of drug-likeness (QED) is 0.640. The first kappa shape index (κ1) is 17.2. The first-order valence-electron chi connectivity index (χ1n) is 8.33. The maximum atomic E-state index is 11.0. The predicted molar refractivity (Wildman–Crippen MR) is 95.9 cm³/mol. The highest BCUT2D eigenvalue weighted by Gasteiger charge is 2.22. The molecule has 25 heavy (non-hydrogen) atoms. The van der Waals surface area contributed by atoms with Gasteiger partial charge in [-0.3, -0.25) is 14.8 Å².